The van der Waals surface area contributed by atoms with Crippen LogP contribution in [0.3, 0.4) is 0 Å². The number of thiophene rings is 1. The molecular weight excluding hydrogens is 420 g/mol. The van der Waals surface area contributed by atoms with Gasteiger partial charge in [-0.05, 0) is 36.3 Å². The van der Waals surface area contributed by atoms with E-state index < -0.39 is 0 Å². The van der Waals surface area contributed by atoms with Crippen LogP contribution in [0.4, 0.5) is 0 Å². The maximum atomic E-state index is 13.5. The summed E-state index contributed by atoms with van der Waals surface area (Å²) in [5.74, 6) is 0.690. The second-order valence-corrected chi connectivity index (χ2v) is 9.94. The predicted octanol–water partition coefficient (Wildman–Crippen LogP) is 4.21. The highest BCUT2D eigenvalue weighted by Gasteiger charge is 2.31. The Morgan fingerprint density at radius 1 is 1.12 bits per heavy atom. The van der Waals surface area contributed by atoms with Gasteiger partial charge in [-0.25, -0.2) is 14.6 Å². The fourth-order valence-electron chi connectivity index (χ4n) is 4.98. The van der Waals surface area contributed by atoms with Crippen LogP contribution in [-0.2, 0) is 0 Å². The number of carbonyl (C=O) groups excluding carboxylic acids is 1. The smallest absolute Gasteiger partial charge is 0.257 e. The molecule has 0 atom stereocenters. The number of nitrogens with zero attached hydrogens (tertiary/aromatic N) is 6. The zero-order valence-corrected chi connectivity index (χ0v) is 19.6. The first kappa shape index (κ1) is 21.3. The molecule has 0 aromatic carbocycles. The van der Waals surface area contributed by atoms with E-state index in [9.17, 15) is 4.79 Å². The first-order chi connectivity index (χ1) is 15.6. The predicted molar refractivity (Wildman–Crippen MR) is 126 cm³/mol. The first-order valence-corrected chi connectivity index (χ1v) is 12.5. The number of carbonyl (C=O) groups is 1. The number of hydrogen-bond donors (Lipinski definition) is 0. The van der Waals surface area contributed by atoms with Crippen LogP contribution >= 0.6 is 11.3 Å². The number of piperazine rings is 1. The van der Waals surface area contributed by atoms with E-state index in [4.69, 9.17) is 4.98 Å². The van der Waals surface area contributed by atoms with Gasteiger partial charge in [-0.3, -0.25) is 9.69 Å². The number of hydrogen-bond acceptors (Lipinski definition) is 6. The lowest BCUT2D eigenvalue weighted by Crippen LogP contribution is -2.51. The topological polar surface area (TPSA) is 67.2 Å². The Morgan fingerprint density at radius 2 is 1.91 bits per heavy atom. The molecule has 3 aromatic heterocycles. The van der Waals surface area contributed by atoms with Crippen molar-refractivity contribution < 1.29 is 4.79 Å². The third-order valence-corrected chi connectivity index (χ3v) is 7.52. The van der Waals surface area contributed by atoms with Gasteiger partial charge in [-0.1, -0.05) is 32.8 Å². The van der Waals surface area contributed by atoms with Crippen LogP contribution in [0.1, 0.15) is 61.5 Å². The summed E-state index contributed by atoms with van der Waals surface area (Å²) in [6, 6.07) is 6.68. The maximum Gasteiger partial charge on any atom is 0.257 e. The number of aromatic nitrogens is 4. The van der Waals surface area contributed by atoms with Gasteiger partial charge in [0.1, 0.15) is 0 Å². The van der Waals surface area contributed by atoms with Crippen LogP contribution in [0, 0.1) is 0 Å². The largest absolute Gasteiger partial charge is 0.336 e. The van der Waals surface area contributed by atoms with E-state index in [2.05, 4.69) is 28.8 Å². The molecule has 3 aromatic rings. The Bertz CT molecular complexity index is 1060. The SMILES string of the molecule is CC(C)c1c(C(=O)N2CCN(C3CCCC3)CC2)cnn1-c1nccc(-c2cccs2)n1. The Morgan fingerprint density at radius 3 is 2.59 bits per heavy atom. The van der Waals surface area contributed by atoms with E-state index in [1.807, 2.05) is 28.5 Å². The third-order valence-electron chi connectivity index (χ3n) is 6.63. The zero-order valence-electron chi connectivity index (χ0n) is 18.8. The molecule has 7 nitrogen and oxygen atoms in total. The van der Waals surface area contributed by atoms with Gasteiger partial charge >= 0.3 is 0 Å². The van der Waals surface area contributed by atoms with Crippen LogP contribution in [-0.4, -0.2) is 67.7 Å². The molecule has 0 N–H and O–H groups in total. The summed E-state index contributed by atoms with van der Waals surface area (Å²) in [5.41, 5.74) is 2.40. The average molecular weight is 451 g/mol. The molecular formula is C24H30N6OS. The molecule has 0 unspecified atom stereocenters. The molecule has 5 rings (SSSR count). The average Bonchev–Trinajstić information content (AvgIpc) is 3.60. The van der Waals surface area contributed by atoms with E-state index in [-0.39, 0.29) is 11.8 Å². The van der Waals surface area contributed by atoms with Gasteiger partial charge in [-0.2, -0.15) is 5.10 Å². The highest BCUT2D eigenvalue weighted by atomic mass is 32.1. The second-order valence-electron chi connectivity index (χ2n) is 9.00. The molecule has 1 amide bonds. The van der Waals surface area contributed by atoms with Crippen molar-refractivity contribution in [2.45, 2.75) is 51.5 Å². The third kappa shape index (κ3) is 4.09. The summed E-state index contributed by atoms with van der Waals surface area (Å²) in [6.45, 7) is 7.67. The van der Waals surface area contributed by atoms with Crippen LogP contribution in [0.25, 0.3) is 16.5 Å². The normalized spacial score (nSPS) is 18.0. The molecule has 1 saturated heterocycles. The minimum absolute atomic E-state index is 0.0698. The van der Waals surface area contributed by atoms with Crippen LogP contribution < -0.4 is 0 Å². The van der Waals surface area contributed by atoms with Crippen LogP contribution in [0.5, 0.6) is 0 Å². The molecule has 168 valence electrons. The Hall–Kier alpha value is -2.58. The van der Waals surface area contributed by atoms with E-state index >= 15 is 0 Å². The summed E-state index contributed by atoms with van der Waals surface area (Å²) in [5, 5.41) is 6.60. The van der Waals surface area contributed by atoms with Crippen molar-refractivity contribution in [2.24, 2.45) is 0 Å². The highest BCUT2D eigenvalue weighted by Crippen LogP contribution is 2.27. The molecule has 2 aliphatic rings. The van der Waals surface area contributed by atoms with E-state index in [1.54, 1.807) is 28.4 Å². The summed E-state index contributed by atoms with van der Waals surface area (Å²) in [6.07, 6.45) is 8.76. The van der Waals surface area contributed by atoms with E-state index in [0.717, 1.165) is 42.4 Å². The van der Waals surface area contributed by atoms with Crippen molar-refractivity contribution >= 4 is 17.2 Å². The van der Waals surface area contributed by atoms with E-state index in [0.29, 0.717) is 17.6 Å². The highest BCUT2D eigenvalue weighted by molar-refractivity contribution is 7.13. The Labute approximate surface area is 193 Å². The Kier molecular flexibility index (Phi) is 6.06. The van der Waals surface area contributed by atoms with Gasteiger partial charge in [0.25, 0.3) is 11.9 Å². The van der Waals surface area contributed by atoms with Crippen molar-refractivity contribution in [3.05, 3.63) is 47.2 Å². The van der Waals surface area contributed by atoms with Crippen molar-refractivity contribution in [3.8, 4) is 16.5 Å². The van der Waals surface area contributed by atoms with E-state index in [1.165, 1.54) is 25.7 Å². The van der Waals surface area contributed by atoms with Gasteiger partial charge < -0.3 is 4.90 Å². The Balaban J connectivity index is 1.38. The minimum atomic E-state index is 0.0698. The summed E-state index contributed by atoms with van der Waals surface area (Å²) < 4.78 is 1.74. The molecule has 8 heteroatoms. The van der Waals surface area contributed by atoms with Crippen molar-refractivity contribution in [1.82, 2.24) is 29.5 Å². The van der Waals surface area contributed by atoms with Gasteiger partial charge in [0, 0.05) is 38.4 Å². The van der Waals surface area contributed by atoms with Gasteiger partial charge in [-0.15, -0.1) is 11.3 Å². The van der Waals surface area contributed by atoms with Crippen LogP contribution in [0.2, 0.25) is 0 Å². The number of rotatable bonds is 5. The summed E-state index contributed by atoms with van der Waals surface area (Å²) in [7, 11) is 0. The second kappa shape index (κ2) is 9.11. The lowest BCUT2D eigenvalue weighted by Gasteiger charge is -2.38. The molecule has 1 saturated carbocycles. The summed E-state index contributed by atoms with van der Waals surface area (Å²) in [4.78, 5) is 28.3. The minimum Gasteiger partial charge on any atom is -0.336 e. The lowest BCUT2D eigenvalue weighted by atomic mass is 10.0. The lowest BCUT2D eigenvalue weighted by molar-refractivity contribution is 0.0572. The first-order valence-electron chi connectivity index (χ1n) is 11.6. The molecule has 4 heterocycles. The molecule has 1 aliphatic heterocycles. The molecule has 32 heavy (non-hydrogen) atoms. The molecule has 0 bridgehead atoms. The monoisotopic (exact) mass is 450 g/mol. The maximum absolute atomic E-state index is 13.5. The van der Waals surface area contributed by atoms with Gasteiger partial charge in [0.15, 0.2) is 0 Å². The zero-order chi connectivity index (χ0) is 22.1. The van der Waals surface area contributed by atoms with Crippen LogP contribution in [0.15, 0.2) is 36.0 Å². The fourth-order valence-corrected chi connectivity index (χ4v) is 5.67. The molecule has 1 aliphatic carbocycles. The fraction of sp³-hybridized carbons (Fsp3) is 0.500. The molecule has 2 fully saturated rings. The standard InChI is InChI=1S/C24H30N6OS/c1-17(2)22-19(23(31)29-13-11-28(12-14-29)18-6-3-4-7-18)16-26-30(22)24-25-10-9-20(27-24)21-8-5-15-32-21/h5,8-10,15-18H,3-4,6-7,11-14H2,1-2H3. The van der Waals surface area contributed by atoms with Crippen molar-refractivity contribution in [3.63, 3.8) is 0 Å². The molecule has 0 radical (unpaired) electrons. The molecule has 0 spiro atoms. The summed E-state index contributed by atoms with van der Waals surface area (Å²) >= 11 is 1.64. The van der Waals surface area contributed by atoms with Crippen molar-refractivity contribution in [1.29, 1.82) is 0 Å². The van der Waals surface area contributed by atoms with Gasteiger partial charge in [0.05, 0.1) is 28.0 Å². The van der Waals surface area contributed by atoms with Gasteiger partial charge in [0.2, 0.25) is 0 Å². The quantitative estimate of drug-likeness (QED) is 0.582. The number of amides is 1. The van der Waals surface area contributed by atoms with Crippen molar-refractivity contribution in [2.75, 3.05) is 26.2 Å².